The summed E-state index contributed by atoms with van der Waals surface area (Å²) in [5.41, 5.74) is 9.33. The van der Waals surface area contributed by atoms with Crippen LogP contribution in [-0.4, -0.2) is 60.3 Å². The van der Waals surface area contributed by atoms with Crippen LogP contribution >= 0.6 is 0 Å². The van der Waals surface area contributed by atoms with Gasteiger partial charge in [-0.25, -0.2) is 4.58 Å². The lowest BCUT2D eigenvalue weighted by molar-refractivity contribution is -0.0791. The lowest BCUT2D eigenvalue weighted by Crippen LogP contribution is -2.47. The summed E-state index contributed by atoms with van der Waals surface area (Å²) in [4.78, 5) is 19.0. The van der Waals surface area contributed by atoms with Crippen LogP contribution in [0.2, 0.25) is 0 Å². The maximum absolute atomic E-state index is 14.5. The first-order valence-electron chi connectivity index (χ1n) is 18.4. The number of ether oxygens (including phenoxy) is 2. The van der Waals surface area contributed by atoms with Gasteiger partial charge >= 0.3 is 0 Å². The zero-order valence-corrected chi connectivity index (χ0v) is 32.0. The Morgan fingerprint density at radius 3 is 2.26 bits per heavy atom. The fraction of sp³-hybridized carbons (Fsp3) is 0.455. The predicted octanol–water partition coefficient (Wildman–Crippen LogP) is 7.80. The van der Waals surface area contributed by atoms with Gasteiger partial charge in [-0.15, -0.1) is 0 Å². The van der Waals surface area contributed by atoms with Gasteiger partial charge in [0.25, 0.3) is 5.91 Å². The van der Waals surface area contributed by atoms with E-state index in [0.717, 1.165) is 63.7 Å². The van der Waals surface area contributed by atoms with Gasteiger partial charge in [-0.1, -0.05) is 24.3 Å². The molecule has 4 aliphatic heterocycles. The molecule has 1 saturated heterocycles. The fourth-order valence-corrected chi connectivity index (χ4v) is 8.71. The molecule has 4 aliphatic rings. The molecule has 6 heteroatoms. The molecule has 1 amide bonds. The van der Waals surface area contributed by atoms with Gasteiger partial charge < -0.3 is 19.3 Å². The largest absolute Gasteiger partial charge is 0.456 e. The number of carbonyl (C=O) groups is 1. The van der Waals surface area contributed by atoms with Crippen LogP contribution in [0.15, 0.2) is 60.7 Å². The van der Waals surface area contributed by atoms with Crippen molar-refractivity contribution in [3.05, 3.63) is 99.1 Å². The van der Waals surface area contributed by atoms with Crippen LogP contribution in [0.25, 0.3) is 16.7 Å². The van der Waals surface area contributed by atoms with E-state index in [1.54, 1.807) is 0 Å². The number of nitrogens with zero attached hydrogens (tertiary/aromatic N) is 3. The summed E-state index contributed by atoms with van der Waals surface area (Å²) in [6.45, 7) is 24.2. The number of rotatable bonds is 4. The number of amides is 1. The van der Waals surface area contributed by atoms with Gasteiger partial charge in [0.1, 0.15) is 18.5 Å². The molecule has 3 aromatic rings. The molecule has 50 heavy (non-hydrogen) atoms. The van der Waals surface area contributed by atoms with Crippen molar-refractivity contribution in [2.24, 2.45) is 0 Å². The van der Waals surface area contributed by atoms with Crippen molar-refractivity contribution < 1.29 is 14.3 Å². The third-order valence-electron chi connectivity index (χ3n) is 11.1. The van der Waals surface area contributed by atoms with E-state index in [2.05, 4.69) is 134 Å². The van der Waals surface area contributed by atoms with Gasteiger partial charge in [-0.2, -0.15) is 0 Å². The van der Waals surface area contributed by atoms with Crippen LogP contribution in [0.5, 0.6) is 11.5 Å². The minimum atomic E-state index is -0.197. The monoisotopic (exact) mass is 672 g/mol. The first-order chi connectivity index (χ1) is 23.5. The molecule has 0 aromatic heterocycles. The van der Waals surface area contributed by atoms with E-state index in [1.807, 2.05) is 17.0 Å². The number of fused-ring (bicyclic) bond motifs is 4. The van der Waals surface area contributed by atoms with Crippen LogP contribution < -0.4 is 24.8 Å². The lowest BCUT2D eigenvalue weighted by Gasteiger charge is -2.43. The topological polar surface area (TPSA) is 45.0 Å². The quantitative estimate of drug-likeness (QED) is 0.208. The average Bonchev–Trinajstić information content (AvgIpc) is 3.04. The Kier molecular flexibility index (Phi) is 8.21. The molecule has 7 rings (SSSR count). The van der Waals surface area contributed by atoms with Crippen molar-refractivity contribution in [1.29, 1.82) is 0 Å². The highest BCUT2D eigenvalue weighted by Gasteiger charge is 2.36. The van der Waals surface area contributed by atoms with Crippen molar-refractivity contribution in [2.75, 3.05) is 31.6 Å². The second-order valence-corrected chi connectivity index (χ2v) is 16.7. The molecular weight excluding hydrogens is 619 g/mol. The second kappa shape index (κ2) is 12.0. The first kappa shape index (κ1) is 34.3. The molecule has 0 spiro atoms. The number of likely N-dealkylation sites (N-methyl/N-ethyl adjacent to an activating group) is 2. The number of carbonyl (C=O) groups excluding carboxylic acids is 1. The Balaban J connectivity index is 1.45. The maximum atomic E-state index is 14.5. The Morgan fingerprint density at radius 1 is 0.900 bits per heavy atom. The molecule has 3 aromatic carbocycles. The summed E-state index contributed by atoms with van der Waals surface area (Å²) < 4.78 is 15.6. The Hall–Kier alpha value is -4.16. The highest BCUT2D eigenvalue weighted by molar-refractivity contribution is 6.02. The van der Waals surface area contributed by atoms with Crippen LogP contribution in [0, 0.1) is 0 Å². The summed E-state index contributed by atoms with van der Waals surface area (Å²) in [6.07, 6.45) is 6.55. The van der Waals surface area contributed by atoms with Gasteiger partial charge in [-0.3, -0.25) is 4.79 Å². The van der Waals surface area contributed by atoms with Crippen molar-refractivity contribution in [2.45, 2.75) is 105 Å². The molecule has 4 heterocycles. The van der Waals surface area contributed by atoms with Gasteiger partial charge in [0.2, 0.25) is 5.36 Å². The smallest absolute Gasteiger partial charge is 0.254 e. The molecule has 6 nitrogen and oxygen atoms in total. The molecule has 0 saturated carbocycles. The van der Waals surface area contributed by atoms with Gasteiger partial charge in [0.05, 0.1) is 23.3 Å². The molecule has 0 atom stereocenters. The third-order valence-corrected chi connectivity index (χ3v) is 11.1. The minimum Gasteiger partial charge on any atom is -0.456 e. The third kappa shape index (κ3) is 5.79. The Labute approximate surface area is 298 Å². The van der Waals surface area contributed by atoms with E-state index >= 15 is 0 Å². The minimum absolute atomic E-state index is 0.0698. The van der Waals surface area contributed by atoms with Crippen LogP contribution in [0.3, 0.4) is 0 Å². The van der Waals surface area contributed by atoms with Crippen molar-refractivity contribution in [3.8, 4) is 11.5 Å². The normalized spacial score (nSPS) is 19.5. The maximum Gasteiger partial charge on any atom is 0.254 e. The Morgan fingerprint density at radius 2 is 1.58 bits per heavy atom. The molecule has 0 radical (unpaired) electrons. The average molecular weight is 673 g/mol. The molecule has 0 aliphatic carbocycles. The molecule has 262 valence electrons. The highest BCUT2D eigenvalue weighted by Crippen LogP contribution is 2.46. The number of hydrogen-bond donors (Lipinski definition) is 0. The molecule has 0 bridgehead atoms. The summed E-state index contributed by atoms with van der Waals surface area (Å²) >= 11 is 0. The van der Waals surface area contributed by atoms with Crippen LogP contribution in [-0.2, 0) is 4.74 Å². The highest BCUT2D eigenvalue weighted by atomic mass is 16.5. The summed E-state index contributed by atoms with van der Waals surface area (Å²) in [5, 5.41) is 2.16. The number of allylic oxidation sites excluding steroid dienone is 2. The SMILES string of the molecule is CCN1c2cc3c(cc2C(C)=CC1(C)C)C(c1ccccc1C(=O)N1CCC(OC(C)(C)C)CC1)=c1cc2c(cc1O3)=[N+](C)C(C)(C)C=C2C. The van der Waals surface area contributed by atoms with E-state index in [9.17, 15) is 4.79 Å². The van der Waals surface area contributed by atoms with Crippen LogP contribution in [0.4, 0.5) is 5.69 Å². The molecule has 0 N–H and O–H groups in total. The number of piperidine rings is 1. The van der Waals surface area contributed by atoms with Gasteiger partial charge in [0, 0.05) is 78.3 Å². The van der Waals surface area contributed by atoms with Crippen molar-refractivity contribution >= 4 is 28.3 Å². The van der Waals surface area contributed by atoms with Gasteiger partial charge in [0.15, 0.2) is 5.54 Å². The lowest BCUT2D eigenvalue weighted by atomic mass is 9.83. The van der Waals surface area contributed by atoms with Crippen molar-refractivity contribution in [1.82, 2.24) is 9.48 Å². The zero-order chi connectivity index (χ0) is 35.9. The fourth-order valence-electron chi connectivity index (χ4n) is 8.71. The van der Waals surface area contributed by atoms with E-state index in [0.29, 0.717) is 13.1 Å². The summed E-state index contributed by atoms with van der Waals surface area (Å²) in [7, 11) is 2.16. The predicted molar refractivity (Wildman–Crippen MR) is 206 cm³/mol. The number of anilines is 1. The zero-order valence-electron chi connectivity index (χ0n) is 32.0. The number of hydrogen-bond acceptors (Lipinski definition) is 4. The number of likely N-dealkylation sites (tertiary alicyclic amines) is 1. The van der Waals surface area contributed by atoms with Gasteiger partial charge in [-0.05, 0) is 109 Å². The summed E-state index contributed by atoms with van der Waals surface area (Å²) in [6, 6.07) is 17.2. The molecule has 1 fully saturated rings. The van der Waals surface area contributed by atoms with E-state index < -0.39 is 0 Å². The first-order valence-corrected chi connectivity index (χ1v) is 18.4. The summed E-state index contributed by atoms with van der Waals surface area (Å²) in [5.74, 6) is 1.71. The molecular formula is C44H54N3O3+. The van der Waals surface area contributed by atoms with E-state index in [-0.39, 0.29) is 28.7 Å². The standard InChI is InChI=1S/C44H54N3O3/c1-12-47-37-24-39-35(22-33(37)28(3)26-44(47,9)10)40(34-21-32-27(2)25-43(7,8)45(11)36(32)23-38(34)49-39)30-15-13-14-16-31(30)41(48)46-19-17-29(18-20-46)50-42(4,5)6/h13-16,21-26,29H,12,17-20H2,1-11H3/q+1. The second-order valence-electron chi connectivity index (χ2n) is 16.7. The molecule has 0 unspecified atom stereocenters. The number of benzene rings is 3. The van der Waals surface area contributed by atoms with E-state index in [1.165, 1.54) is 28.0 Å². The van der Waals surface area contributed by atoms with Crippen molar-refractivity contribution in [3.63, 3.8) is 0 Å². The van der Waals surface area contributed by atoms with E-state index in [4.69, 9.17) is 9.47 Å². The van der Waals surface area contributed by atoms with Crippen LogP contribution in [0.1, 0.15) is 115 Å². The Bertz CT molecular complexity index is 2100.